The normalized spacial score (nSPS) is 27.2. The third-order valence-electron chi connectivity index (χ3n) is 3.91. The molecule has 0 aliphatic carbocycles. The van der Waals surface area contributed by atoms with Crippen LogP contribution in [0.25, 0.3) is 0 Å². The second kappa shape index (κ2) is 4.70. The van der Waals surface area contributed by atoms with E-state index in [1.807, 2.05) is 61.7 Å². The summed E-state index contributed by atoms with van der Waals surface area (Å²) in [7, 11) is 0. The zero-order valence-electron chi connectivity index (χ0n) is 11.4. The average molecular weight is 289 g/mol. The molecule has 0 saturated heterocycles. The molecule has 0 amide bonds. The van der Waals surface area contributed by atoms with E-state index in [1.165, 1.54) is 21.1 Å². The first-order valence-corrected chi connectivity index (χ1v) is 7.38. The van der Waals surface area contributed by atoms with Crippen molar-refractivity contribution in [3.63, 3.8) is 0 Å². The third-order valence-corrected chi connectivity index (χ3v) is 4.98. The average Bonchev–Trinajstić information content (AvgIpc) is 3.05. The molecule has 0 radical (unpaired) electrons. The Hall–Kier alpha value is -1.69. The SMILES string of the molecule is CC1C(c2ccccc2)=[N+](O)C(C)(c2cccs2)N1O. The molecule has 20 heavy (non-hydrogen) atoms. The fraction of sp³-hybridized carbons (Fsp3) is 0.267. The van der Waals surface area contributed by atoms with Gasteiger partial charge in [-0.05, 0) is 30.5 Å². The zero-order valence-corrected chi connectivity index (χ0v) is 12.2. The molecular weight excluding hydrogens is 272 g/mol. The highest BCUT2D eigenvalue weighted by Crippen LogP contribution is 2.37. The Morgan fingerprint density at radius 3 is 2.50 bits per heavy atom. The Kier molecular flexibility index (Phi) is 3.12. The number of thiophene rings is 1. The van der Waals surface area contributed by atoms with Gasteiger partial charge < -0.3 is 5.21 Å². The standard InChI is InChI=1S/C15H17N2O2S/c1-11-14(12-7-4-3-5-8-12)17(19)15(2,16(11)18)13-9-6-10-20-13/h3-11,18-19H,1-2H3/q+1. The van der Waals surface area contributed by atoms with Crippen molar-refractivity contribution in [1.82, 2.24) is 5.06 Å². The van der Waals surface area contributed by atoms with Gasteiger partial charge in [0.15, 0.2) is 0 Å². The van der Waals surface area contributed by atoms with Crippen LogP contribution in [0.2, 0.25) is 0 Å². The van der Waals surface area contributed by atoms with E-state index < -0.39 is 5.66 Å². The van der Waals surface area contributed by atoms with E-state index in [4.69, 9.17) is 0 Å². The Bertz CT molecular complexity index is 639. The molecule has 2 heterocycles. The summed E-state index contributed by atoms with van der Waals surface area (Å²) in [6, 6.07) is 13.2. The summed E-state index contributed by atoms with van der Waals surface area (Å²) in [6.45, 7) is 3.69. The minimum Gasteiger partial charge on any atom is -0.307 e. The molecule has 104 valence electrons. The maximum absolute atomic E-state index is 10.7. The summed E-state index contributed by atoms with van der Waals surface area (Å²) in [5, 5.41) is 24.3. The minimum absolute atomic E-state index is 0.297. The smallest absolute Gasteiger partial charge is 0.307 e. The van der Waals surface area contributed by atoms with Crippen LogP contribution >= 0.6 is 11.3 Å². The maximum Gasteiger partial charge on any atom is 0.321 e. The second-order valence-corrected chi connectivity index (χ2v) is 6.03. The largest absolute Gasteiger partial charge is 0.321 e. The molecule has 2 unspecified atom stereocenters. The number of nitrogens with zero attached hydrogens (tertiary/aromatic N) is 2. The lowest BCUT2D eigenvalue weighted by molar-refractivity contribution is -0.846. The minimum atomic E-state index is -0.960. The molecular formula is C15H17N2O2S+. The van der Waals surface area contributed by atoms with Crippen LogP contribution in [0.4, 0.5) is 0 Å². The van der Waals surface area contributed by atoms with Gasteiger partial charge in [0.1, 0.15) is 6.04 Å². The molecule has 2 N–H and O–H groups in total. The fourth-order valence-corrected chi connectivity index (χ4v) is 3.60. The first kappa shape index (κ1) is 13.3. The van der Waals surface area contributed by atoms with E-state index in [-0.39, 0.29) is 6.04 Å². The number of benzene rings is 1. The maximum atomic E-state index is 10.7. The molecule has 0 bridgehead atoms. The molecule has 2 atom stereocenters. The van der Waals surface area contributed by atoms with Crippen molar-refractivity contribution in [2.24, 2.45) is 0 Å². The lowest BCUT2D eigenvalue weighted by Gasteiger charge is -2.23. The van der Waals surface area contributed by atoms with Crippen molar-refractivity contribution in [1.29, 1.82) is 0 Å². The molecule has 4 nitrogen and oxygen atoms in total. The van der Waals surface area contributed by atoms with Gasteiger partial charge in [0.25, 0.3) is 5.71 Å². The van der Waals surface area contributed by atoms with Gasteiger partial charge in [-0.1, -0.05) is 24.3 Å². The van der Waals surface area contributed by atoms with Crippen molar-refractivity contribution in [2.75, 3.05) is 0 Å². The molecule has 0 fully saturated rings. The lowest BCUT2D eigenvalue weighted by Crippen LogP contribution is -2.45. The van der Waals surface area contributed by atoms with E-state index in [1.54, 1.807) is 0 Å². The molecule has 5 heteroatoms. The molecule has 1 aliphatic rings. The number of hydrogen-bond donors (Lipinski definition) is 2. The topological polar surface area (TPSA) is 46.7 Å². The van der Waals surface area contributed by atoms with E-state index >= 15 is 0 Å². The van der Waals surface area contributed by atoms with Gasteiger partial charge in [0.2, 0.25) is 0 Å². The van der Waals surface area contributed by atoms with Crippen LogP contribution in [0.15, 0.2) is 47.8 Å². The predicted octanol–water partition coefficient (Wildman–Crippen LogP) is 2.91. The number of hydroxylamine groups is 3. The van der Waals surface area contributed by atoms with Gasteiger partial charge in [-0.25, -0.2) is 0 Å². The van der Waals surface area contributed by atoms with Gasteiger partial charge >= 0.3 is 5.66 Å². The summed E-state index contributed by atoms with van der Waals surface area (Å²) in [5.41, 5.74) is 0.643. The van der Waals surface area contributed by atoms with Crippen LogP contribution in [-0.2, 0) is 5.66 Å². The van der Waals surface area contributed by atoms with Crippen molar-refractivity contribution in [3.8, 4) is 0 Å². The van der Waals surface area contributed by atoms with Crippen molar-refractivity contribution >= 4 is 17.0 Å². The quantitative estimate of drug-likeness (QED) is 0.660. The third kappa shape index (κ3) is 1.71. The highest BCUT2D eigenvalue weighted by atomic mass is 32.1. The van der Waals surface area contributed by atoms with Crippen LogP contribution in [0, 0.1) is 0 Å². The Balaban J connectivity index is 2.17. The highest BCUT2D eigenvalue weighted by Gasteiger charge is 2.58. The fourth-order valence-electron chi connectivity index (χ4n) is 2.74. The van der Waals surface area contributed by atoms with Crippen LogP contribution in [0.1, 0.15) is 24.3 Å². The lowest BCUT2D eigenvalue weighted by atomic mass is 10.1. The summed E-state index contributed by atoms with van der Waals surface area (Å²) in [6.07, 6.45) is 0. The van der Waals surface area contributed by atoms with Crippen LogP contribution in [0.3, 0.4) is 0 Å². The van der Waals surface area contributed by atoms with Crippen molar-refractivity contribution in [2.45, 2.75) is 25.6 Å². The summed E-state index contributed by atoms with van der Waals surface area (Å²) >= 11 is 1.51. The molecule has 1 aromatic heterocycles. The molecule has 0 saturated carbocycles. The van der Waals surface area contributed by atoms with E-state index in [0.29, 0.717) is 5.71 Å². The van der Waals surface area contributed by atoms with Crippen LogP contribution < -0.4 is 0 Å². The van der Waals surface area contributed by atoms with E-state index in [9.17, 15) is 10.4 Å². The molecule has 0 spiro atoms. The molecule has 2 aromatic rings. The van der Waals surface area contributed by atoms with Crippen molar-refractivity contribution in [3.05, 3.63) is 58.3 Å². The molecule has 1 aromatic carbocycles. The highest BCUT2D eigenvalue weighted by molar-refractivity contribution is 7.10. The molecule has 3 rings (SSSR count). The number of rotatable bonds is 2. The molecule has 1 aliphatic heterocycles. The van der Waals surface area contributed by atoms with Crippen molar-refractivity contribution < 1.29 is 15.2 Å². The summed E-state index contributed by atoms with van der Waals surface area (Å²) in [5.74, 6) is 0. The summed E-state index contributed by atoms with van der Waals surface area (Å²) < 4.78 is 1.18. The Labute approximate surface area is 121 Å². The monoisotopic (exact) mass is 289 g/mol. The Morgan fingerprint density at radius 2 is 1.90 bits per heavy atom. The van der Waals surface area contributed by atoms with Gasteiger partial charge in [0.05, 0.1) is 4.88 Å². The van der Waals surface area contributed by atoms with Crippen LogP contribution in [0.5, 0.6) is 0 Å². The first-order valence-electron chi connectivity index (χ1n) is 6.50. The predicted molar refractivity (Wildman–Crippen MR) is 77.4 cm³/mol. The van der Waals surface area contributed by atoms with Gasteiger partial charge in [0, 0.05) is 17.2 Å². The first-order chi connectivity index (χ1) is 9.56. The van der Waals surface area contributed by atoms with Gasteiger partial charge in [-0.2, -0.15) is 0 Å². The van der Waals surface area contributed by atoms with E-state index in [2.05, 4.69) is 0 Å². The Morgan fingerprint density at radius 1 is 1.20 bits per heavy atom. The zero-order chi connectivity index (χ0) is 14.3. The van der Waals surface area contributed by atoms with Gasteiger partial charge in [-0.15, -0.1) is 16.4 Å². The van der Waals surface area contributed by atoms with Gasteiger partial charge in [-0.3, -0.25) is 5.21 Å². The van der Waals surface area contributed by atoms with Crippen LogP contribution in [-0.4, -0.2) is 32.0 Å². The van der Waals surface area contributed by atoms with E-state index in [0.717, 1.165) is 10.4 Å². The second-order valence-electron chi connectivity index (χ2n) is 5.08. The summed E-state index contributed by atoms with van der Waals surface area (Å²) in [4.78, 5) is 0.889. The number of hydrogen-bond acceptors (Lipinski definition) is 4.